The molecule has 0 spiro atoms. The number of hydrogen-bond donors (Lipinski definition) is 3. The van der Waals surface area contributed by atoms with E-state index in [9.17, 15) is 14.4 Å². The molecule has 9 nitrogen and oxygen atoms in total. The van der Waals surface area contributed by atoms with Gasteiger partial charge in [0.05, 0.1) is 11.6 Å². The monoisotopic (exact) mass is 399 g/mol. The zero-order valence-corrected chi connectivity index (χ0v) is 16.7. The van der Waals surface area contributed by atoms with Crippen molar-refractivity contribution < 1.29 is 19.5 Å². The highest BCUT2D eigenvalue weighted by Gasteiger charge is 2.34. The van der Waals surface area contributed by atoms with Crippen molar-refractivity contribution in [2.75, 3.05) is 6.54 Å². The molecule has 1 aromatic heterocycles. The number of aliphatic carboxylic acids is 1. The second-order valence-electron chi connectivity index (χ2n) is 7.73. The number of unbranched alkanes of at least 4 members (excludes halogenated alkanes) is 1. The summed E-state index contributed by atoms with van der Waals surface area (Å²) in [5, 5.41) is 27.6. The number of amides is 2. The van der Waals surface area contributed by atoms with E-state index in [0.29, 0.717) is 24.8 Å². The van der Waals surface area contributed by atoms with Gasteiger partial charge >= 0.3 is 5.97 Å². The molecule has 2 aromatic rings. The Balaban J connectivity index is 2.30. The van der Waals surface area contributed by atoms with Gasteiger partial charge in [0.2, 0.25) is 5.91 Å². The highest BCUT2D eigenvalue weighted by atomic mass is 16.4. The Labute approximate surface area is 168 Å². The number of para-hydroxylation sites is 1. The number of carboxylic acid groups (broad SMARTS) is 1. The first-order valence-corrected chi connectivity index (χ1v) is 9.28. The molecule has 1 aromatic carbocycles. The van der Waals surface area contributed by atoms with Crippen molar-refractivity contribution in [3.63, 3.8) is 0 Å². The topological polar surface area (TPSA) is 137 Å². The molecule has 0 aliphatic heterocycles. The summed E-state index contributed by atoms with van der Waals surface area (Å²) in [4.78, 5) is 36.2. The van der Waals surface area contributed by atoms with Gasteiger partial charge in [-0.2, -0.15) is 10.4 Å². The van der Waals surface area contributed by atoms with Crippen LogP contribution in [0.4, 0.5) is 0 Å². The number of nitrogens with one attached hydrogen (secondary N) is 2. The Kier molecular flexibility index (Phi) is 6.93. The maximum atomic E-state index is 13.0. The van der Waals surface area contributed by atoms with E-state index < -0.39 is 35.8 Å². The van der Waals surface area contributed by atoms with Crippen LogP contribution in [0.25, 0.3) is 10.9 Å². The third-order valence-corrected chi connectivity index (χ3v) is 4.35. The van der Waals surface area contributed by atoms with Gasteiger partial charge in [-0.3, -0.25) is 19.1 Å². The van der Waals surface area contributed by atoms with Gasteiger partial charge in [-0.1, -0.05) is 39.0 Å². The number of carbonyl (C=O) groups excluding carboxylic acids is 2. The number of nitrogens with zero attached hydrogens (tertiary/aromatic N) is 3. The first-order chi connectivity index (χ1) is 13.6. The van der Waals surface area contributed by atoms with E-state index in [1.807, 2.05) is 12.1 Å². The first-order valence-electron chi connectivity index (χ1n) is 9.28. The predicted octanol–water partition coefficient (Wildman–Crippen LogP) is 1.69. The molecule has 9 heteroatoms. The van der Waals surface area contributed by atoms with Gasteiger partial charge in [0.15, 0.2) is 5.69 Å². The van der Waals surface area contributed by atoms with Crippen LogP contribution in [-0.2, 0) is 16.1 Å². The third-order valence-electron chi connectivity index (χ3n) is 4.35. The minimum absolute atomic E-state index is 0.179. The van der Waals surface area contributed by atoms with Crippen LogP contribution in [0.3, 0.4) is 0 Å². The molecule has 2 rings (SSSR count). The molecule has 1 atom stereocenters. The van der Waals surface area contributed by atoms with E-state index in [1.54, 1.807) is 37.6 Å². The van der Waals surface area contributed by atoms with Gasteiger partial charge in [-0.15, -0.1) is 0 Å². The molecule has 0 aliphatic carbocycles. The number of rotatable bonds is 8. The summed E-state index contributed by atoms with van der Waals surface area (Å²) in [6.45, 7) is 5.28. The number of aromatic nitrogens is 2. The van der Waals surface area contributed by atoms with Crippen LogP contribution in [0.1, 0.15) is 44.1 Å². The lowest BCUT2D eigenvalue weighted by atomic mass is 9.86. The van der Waals surface area contributed by atoms with Crippen LogP contribution in [0.15, 0.2) is 24.3 Å². The van der Waals surface area contributed by atoms with Crippen molar-refractivity contribution in [2.45, 2.75) is 46.2 Å². The van der Waals surface area contributed by atoms with E-state index in [-0.39, 0.29) is 5.69 Å². The van der Waals surface area contributed by atoms with Crippen LogP contribution in [-0.4, -0.2) is 45.3 Å². The fourth-order valence-corrected chi connectivity index (χ4v) is 2.91. The second kappa shape index (κ2) is 9.19. The normalized spacial score (nSPS) is 12.2. The molecule has 3 N–H and O–H groups in total. The molecule has 0 saturated carbocycles. The van der Waals surface area contributed by atoms with Crippen molar-refractivity contribution in [1.29, 1.82) is 5.26 Å². The molecule has 0 bridgehead atoms. The van der Waals surface area contributed by atoms with Crippen LogP contribution >= 0.6 is 0 Å². The van der Waals surface area contributed by atoms with Crippen LogP contribution in [0.5, 0.6) is 0 Å². The summed E-state index contributed by atoms with van der Waals surface area (Å²) in [5.41, 5.74) is 0.291. The summed E-state index contributed by atoms with van der Waals surface area (Å²) in [5.74, 6) is -2.27. The lowest BCUT2D eigenvalue weighted by Crippen LogP contribution is -2.54. The van der Waals surface area contributed by atoms with Gasteiger partial charge in [-0.05, 0) is 17.9 Å². The zero-order valence-electron chi connectivity index (χ0n) is 16.7. The average molecular weight is 399 g/mol. The van der Waals surface area contributed by atoms with Crippen molar-refractivity contribution in [3.05, 3.63) is 30.0 Å². The molecule has 0 radical (unpaired) electrons. The number of benzene rings is 1. The largest absolute Gasteiger partial charge is 0.480 e. The Bertz CT molecular complexity index is 952. The minimum Gasteiger partial charge on any atom is -0.480 e. The molecular weight excluding hydrogens is 374 g/mol. The molecule has 29 heavy (non-hydrogen) atoms. The number of aryl methyl sites for hydroxylation is 1. The second-order valence-corrected chi connectivity index (χ2v) is 7.73. The SMILES string of the molecule is CC(C)(C)[C@H](NC(=O)c1nn(CCCC#N)c2ccccc12)C(=O)NCC(=O)O. The summed E-state index contributed by atoms with van der Waals surface area (Å²) in [7, 11) is 0. The highest BCUT2D eigenvalue weighted by Crippen LogP contribution is 2.22. The van der Waals surface area contributed by atoms with Crippen LogP contribution < -0.4 is 10.6 Å². The fraction of sp³-hybridized carbons (Fsp3) is 0.450. The van der Waals surface area contributed by atoms with Crippen molar-refractivity contribution >= 4 is 28.7 Å². The third kappa shape index (κ3) is 5.54. The molecule has 154 valence electrons. The smallest absolute Gasteiger partial charge is 0.322 e. The number of carbonyl (C=O) groups is 3. The Morgan fingerprint density at radius 3 is 2.59 bits per heavy atom. The van der Waals surface area contributed by atoms with Crippen molar-refractivity contribution in [3.8, 4) is 6.07 Å². The van der Waals surface area contributed by atoms with Crippen molar-refractivity contribution in [1.82, 2.24) is 20.4 Å². The minimum atomic E-state index is -1.17. The first kappa shape index (κ1) is 21.9. The molecule has 0 fully saturated rings. The maximum absolute atomic E-state index is 13.0. The summed E-state index contributed by atoms with van der Waals surface area (Å²) in [6.07, 6.45) is 0.983. The van der Waals surface area contributed by atoms with E-state index in [2.05, 4.69) is 21.8 Å². The molecule has 0 unspecified atom stereocenters. The number of fused-ring (bicyclic) bond motifs is 1. The highest BCUT2D eigenvalue weighted by molar-refractivity contribution is 6.06. The van der Waals surface area contributed by atoms with Crippen LogP contribution in [0, 0.1) is 16.7 Å². The fourth-order valence-electron chi connectivity index (χ4n) is 2.91. The summed E-state index contributed by atoms with van der Waals surface area (Å²) >= 11 is 0. The molecule has 1 heterocycles. The van der Waals surface area contributed by atoms with Crippen molar-refractivity contribution in [2.24, 2.45) is 5.41 Å². The number of carboxylic acids is 1. The number of hydrogen-bond acceptors (Lipinski definition) is 5. The lowest BCUT2D eigenvalue weighted by Gasteiger charge is -2.30. The van der Waals surface area contributed by atoms with Gasteiger partial charge in [0.25, 0.3) is 5.91 Å². The summed E-state index contributed by atoms with van der Waals surface area (Å²) in [6, 6.07) is 8.38. The maximum Gasteiger partial charge on any atom is 0.322 e. The van der Waals surface area contributed by atoms with Gasteiger partial charge in [0, 0.05) is 18.4 Å². The van der Waals surface area contributed by atoms with E-state index in [1.165, 1.54) is 0 Å². The Hall–Kier alpha value is -3.41. The van der Waals surface area contributed by atoms with E-state index >= 15 is 0 Å². The Morgan fingerprint density at radius 2 is 1.97 bits per heavy atom. The Morgan fingerprint density at radius 1 is 1.28 bits per heavy atom. The number of nitriles is 1. The lowest BCUT2D eigenvalue weighted by molar-refractivity contribution is -0.138. The van der Waals surface area contributed by atoms with E-state index in [4.69, 9.17) is 10.4 Å². The van der Waals surface area contributed by atoms with E-state index in [0.717, 1.165) is 5.52 Å². The average Bonchev–Trinajstić information content (AvgIpc) is 3.02. The van der Waals surface area contributed by atoms with Gasteiger partial charge < -0.3 is 15.7 Å². The molecular formula is C20H25N5O4. The molecule has 0 aliphatic rings. The summed E-state index contributed by atoms with van der Waals surface area (Å²) < 4.78 is 1.68. The quantitative estimate of drug-likeness (QED) is 0.578. The predicted molar refractivity (Wildman–Crippen MR) is 106 cm³/mol. The van der Waals surface area contributed by atoms with Gasteiger partial charge in [-0.25, -0.2) is 0 Å². The van der Waals surface area contributed by atoms with Gasteiger partial charge in [0.1, 0.15) is 12.6 Å². The van der Waals surface area contributed by atoms with Crippen LogP contribution in [0.2, 0.25) is 0 Å². The molecule has 0 saturated heterocycles. The molecule has 2 amide bonds. The standard InChI is InChI=1S/C20H25N5O4/c1-20(2,3)17(19(29)22-12-15(26)27)23-18(28)16-13-8-4-5-9-14(13)25(24-16)11-7-6-10-21/h4-5,8-9,17H,6-7,11-12H2,1-3H3,(H,22,29)(H,23,28)(H,26,27)/t17-/m1/s1. The zero-order chi connectivity index (χ0) is 21.6.